The third-order valence-electron chi connectivity index (χ3n) is 5.13. The molecule has 0 spiro atoms. The molecule has 5 heteroatoms. The number of nitrogens with one attached hydrogen (secondary N) is 1. The molecular formula is C23H26N2O3. The highest BCUT2D eigenvalue weighted by atomic mass is 16.4. The Labute approximate surface area is 165 Å². The van der Waals surface area contributed by atoms with E-state index in [-0.39, 0.29) is 5.91 Å². The summed E-state index contributed by atoms with van der Waals surface area (Å²) in [6.07, 6.45) is 5.35. The van der Waals surface area contributed by atoms with Crippen LogP contribution >= 0.6 is 0 Å². The van der Waals surface area contributed by atoms with Crippen LogP contribution in [0.15, 0.2) is 60.7 Å². The van der Waals surface area contributed by atoms with Crippen molar-refractivity contribution in [2.24, 2.45) is 0 Å². The maximum Gasteiger partial charge on any atom is 0.328 e. The minimum absolute atomic E-state index is 0.000916. The Morgan fingerprint density at radius 3 is 2.36 bits per heavy atom. The lowest BCUT2D eigenvalue weighted by Crippen LogP contribution is -2.35. The van der Waals surface area contributed by atoms with Gasteiger partial charge in [-0.1, -0.05) is 42.5 Å². The molecule has 1 aliphatic rings. The molecule has 0 aromatic heterocycles. The minimum atomic E-state index is -0.981. The largest absolute Gasteiger partial charge is 0.478 e. The quantitative estimate of drug-likeness (QED) is 0.715. The smallest absolute Gasteiger partial charge is 0.328 e. The monoisotopic (exact) mass is 378 g/mol. The summed E-state index contributed by atoms with van der Waals surface area (Å²) in [6, 6.07) is 17.8. The van der Waals surface area contributed by atoms with E-state index in [1.54, 1.807) is 24.3 Å². The first-order valence-electron chi connectivity index (χ1n) is 9.68. The van der Waals surface area contributed by atoms with Crippen LogP contribution in [0.25, 0.3) is 6.08 Å². The first-order valence-corrected chi connectivity index (χ1v) is 9.68. The highest BCUT2D eigenvalue weighted by molar-refractivity contribution is 5.91. The molecule has 0 unspecified atom stereocenters. The second kappa shape index (κ2) is 9.85. The summed E-state index contributed by atoms with van der Waals surface area (Å²) in [6.45, 7) is 2.82. The molecule has 2 N–H and O–H groups in total. The maximum atomic E-state index is 12.2. The van der Waals surface area contributed by atoms with Crippen LogP contribution in [0.2, 0.25) is 0 Å². The summed E-state index contributed by atoms with van der Waals surface area (Å²) < 4.78 is 0. The number of hydrogen-bond acceptors (Lipinski definition) is 3. The molecule has 5 nitrogen and oxygen atoms in total. The summed E-state index contributed by atoms with van der Waals surface area (Å²) in [7, 11) is 0. The maximum absolute atomic E-state index is 12.2. The number of nitrogens with zero attached hydrogens (tertiary/aromatic N) is 1. The van der Waals surface area contributed by atoms with E-state index in [9.17, 15) is 9.59 Å². The Balaban J connectivity index is 1.39. The Hall–Kier alpha value is -2.92. The zero-order valence-corrected chi connectivity index (χ0v) is 15.9. The lowest BCUT2D eigenvalue weighted by molar-refractivity contribution is -0.131. The van der Waals surface area contributed by atoms with Crippen LogP contribution in [-0.2, 0) is 9.59 Å². The van der Waals surface area contributed by atoms with Gasteiger partial charge in [-0.3, -0.25) is 4.79 Å². The second-order valence-corrected chi connectivity index (χ2v) is 7.12. The molecule has 0 radical (unpaired) electrons. The number of hydrogen-bond donors (Lipinski definition) is 2. The molecule has 0 atom stereocenters. The van der Waals surface area contributed by atoms with Crippen molar-refractivity contribution in [1.82, 2.24) is 4.90 Å². The molecule has 0 bridgehead atoms. The number of carbonyl (C=O) groups is 2. The van der Waals surface area contributed by atoms with E-state index < -0.39 is 5.97 Å². The van der Waals surface area contributed by atoms with Crippen molar-refractivity contribution < 1.29 is 14.7 Å². The molecule has 1 amide bonds. The van der Waals surface area contributed by atoms with Gasteiger partial charge in [-0.05, 0) is 61.2 Å². The van der Waals surface area contributed by atoms with Crippen LogP contribution < -0.4 is 5.32 Å². The summed E-state index contributed by atoms with van der Waals surface area (Å²) in [5.41, 5.74) is 2.92. The molecule has 2 aromatic rings. The highest BCUT2D eigenvalue weighted by Crippen LogP contribution is 2.27. The van der Waals surface area contributed by atoms with Gasteiger partial charge in [-0.2, -0.15) is 0 Å². The van der Waals surface area contributed by atoms with Crippen molar-refractivity contribution in [3.05, 3.63) is 71.8 Å². The van der Waals surface area contributed by atoms with Crippen molar-refractivity contribution >= 4 is 23.6 Å². The molecule has 1 fully saturated rings. The van der Waals surface area contributed by atoms with E-state index in [0.717, 1.165) is 49.8 Å². The van der Waals surface area contributed by atoms with Crippen LogP contribution in [0.1, 0.15) is 36.3 Å². The van der Waals surface area contributed by atoms with Gasteiger partial charge in [-0.15, -0.1) is 0 Å². The number of benzene rings is 2. The lowest BCUT2D eigenvalue weighted by Gasteiger charge is -2.32. The Morgan fingerprint density at radius 1 is 1.04 bits per heavy atom. The number of carbonyl (C=O) groups excluding carboxylic acids is 1. The third kappa shape index (κ3) is 6.06. The van der Waals surface area contributed by atoms with Crippen LogP contribution in [0, 0.1) is 0 Å². The van der Waals surface area contributed by atoms with Crippen molar-refractivity contribution in [3.8, 4) is 0 Å². The Kier molecular flexibility index (Phi) is 6.98. The van der Waals surface area contributed by atoms with E-state index in [4.69, 9.17) is 5.11 Å². The molecular weight excluding hydrogens is 352 g/mol. The number of anilines is 1. The predicted molar refractivity (Wildman–Crippen MR) is 111 cm³/mol. The topological polar surface area (TPSA) is 69.6 Å². The molecule has 1 saturated heterocycles. The molecule has 1 heterocycles. The van der Waals surface area contributed by atoms with Gasteiger partial charge in [0.2, 0.25) is 5.91 Å². The highest BCUT2D eigenvalue weighted by Gasteiger charge is 2.20. The molecule has 0 saturated carbocycles. The van der Waals surface area contributed by atoms with Crippen LogP contribution in [0.5, 0.6) is 0 Å². The van der Waals surface area contributed by atoms with E-state index >= 15 is 0 Å². The Bertz CT molecular complexity index is 808. The van der Waals surface area contributed by atoms with E-state index in [0.29, 0.717) is 12.3 Å². The first kappa shape index (κ1) is 19.8. The SMILES string of the molecule is O=C(O)C=Cc1ccc(NC(=O)CCN2CCC(c3ccccc3)CC2)cc1. The van der Waals surface area contributed by atoms with Gasteiger partial charge in [0.05, 0.1) is 0 Å². The van der Waals surface area contributed by atoms with E-state index in [1.165, 1.54) is 11.6 Å². The van der Waals surface area contributed by atoms with Crippen molar-refractivity contribution in [3.63, 3.8) is 0 Å². The number of carboxylic acid groups (broad SMARTS) is 1. The fourth-order valence-electron chi connectivity index (χ4n) is 3.54. The minimum Gasteiger partial charge on any atom is -0.478 e. The van der Waals surface area contributed by atoms with Crippen LogP contribution in [-0.4, -0.2) is 41.5 Å². The number of likely N-dealkylation sites (tertiary alicyclic amines) is 1. The fraction of sp³-hybridized carbons (Fsp3) is 0.304. The molecule has 146 valence electrons. The zero-order chi connectivity index (χ0) is 19.8. The normalized spacial score (nSPS) is 15.6. The van der Waals surface area contributed by atoms with Crippen molar-refractivity contribution in [2.45, 2.75) is 25.2 Å². The van der Waals surface area contributed by atoms with Gasteiger partial charge in [0.25, 0.3) is 0 Å². The number of aliphatic carboxylic acids is 1. The number of amides is 1. The van der Waals surface area contributed by atoms with Gasteiger partial charge in [0, 0.05) is 24.7 Å². The van der Waals surface area contributed by atoms with Crippen molar-refractivity contribution in [2.75, 3.05) is 25.0 Å². The molecule has 28 heavy (non-hydrogen) atoms. The number of rotatable bonds is 7. The Morgan fingerprint density at radius 2 is 1.71 bits per heavy atom. The standard InChI is InChI=1S/C23H26N2O3/c26-22(24-21-9-6-18(7-10-21)8-11-23(27)28)14-17-25-15-12-20(13-16-25)19-4-2-1-3-5-19/h1-11,20H,12-17H2,(H,24,26)(H,27,28). The summed E-state index contributed by atoms with van der Waals surface area (Å²) in [4.78, 5) is 25.1. The third-order valence-corrected chi connectivity index (χ3v) is 5.13. The van der Waals surface area contributed by atoms with E-state index in [1.807, 2.05) is 0 Å². The summed E-state index contributed by atoms with van der Waals surface area (Å²) >= 11 is 0. The lowest BCUT2D eigenvalue weighted by atomic mass is 9.89. The predicted octanol–water partition coefficient (Wildman–Crippen LogP) is 3.99. The molecule has 2 aromatic carbocycles. The van der Waals surface area contributed by atoms with Gasteiger partial charge in [-0.25, -0.2) is 4.79 Å². The van der Waals surface area contributed by atoms with Crippen LogP contribution in [0.4, 0.5) is 5.69 Å². The average Bonchev–Trinajstić information content (AvgIpc) is 2.73. The van der Waals surface area contributed by atoms with Gasteiger partial charge >= 0.3 is 5.97 Å². The molecule has 3 rings (SSSR count). The zero-order valence-electron chi connectivity index (χ0n) is 15.9. The average molecular weight is 378 g/mol. The summed E-state index contributed by atoms with van der Waals surface area (Å²) in [5, 5.41) is 11.5. The summed E-state index contributed by atoms with van der Waals surface area (Å²) in [5.74, 6) is -0.357. The van der Waals surface area contributed by atoms with Gasteiger partial charge in [0.1, 0.15) is 0 Å². The first-order chi connectivity index (χ1) is 13.6. The van der Waals surface area contributed by atoms with Crippen LogP contribution in [0.3, 0.4) is 0 Å². The molecule has 0 aliphatic carbocycles. The van der Waals surface area contributed by atoms with Gasteiger partial charge < -0.3 is 15.3 Å². The fourth-order valence-corrected chi connectivity index (χ4v) is 3.54. The van der Waals surface area contributed by atoms with E-state index in [2.05, 4.69) is 40.5 Å². The van der Waals surface area contributed by atoms with Gasteiger partial charge in [0.15, 0.2) is 0 Å². The molecule has 1 aliphatic heterocycles. The van der Waals surface area contributed by atoms with Crippen molar-refractivity contribution in [1.29, 1.82) is 0 Å². The number of piperidine rings is 1. The second-order valence-electron chi connectivity index (χ2n) is 7.12. The number of carboxylic acids is 1.